The highest BCUT2D eigenvalue weighted by atomic mass is 14.6. The average molecular weight is 297 g/mol. The highest BCUT2D eigenvalue weighted by molar-refractivity contribution is 4.57. The normalized spacial score (nSPS) is 12.7. The van der Waals surface area contributed by atoms with Gasteiger partial charge in [-0.25, -0.2) is 0 Å². The number of hydrogen-bond acceptors (Lipinski definition) is 0. The smallest absolute Gasteiger partial charge is 0.0210 e. The molecular formula is C20H42N. The van der Waals surface area contributed by atoms with Crippen LogP contribution in [0.4, 0.5) is 0 Å². The maximum Gasteiger partial charge on any atom is 0.0210 e. The SMILES string of the molecule is CCCCCCCCCCCCCCCCCC([NH])CC. The van der Waals surface area contributed by atoms with Gasteiger partial charge in [-0.2, -0.15) is 0 Å². The van der Waals surface area contributed by atoms with Crippen LogP contribution < -0.4 is 5.73 Å². The van der Waals surface area contributed by atoms with Crippen LogP contribution in [0.3, 0.4) is 0 Å². The van der Waals surface area contributed by atoms with E-state index in [9.17, 15) is 0 Å². The van der Waals surface area contributed by atoms with Crippen molar-refractivity contribution in [2.45, 2.75) is 129 Å². The highest BCUT2D eigenvalue weighted by Gasteiger charge is 1.99. The zero-order valence-corrected chi connectivity index (χ0v) is 15.1. The first-order valence-electron chi connectivity index (χ1n) is 10.0. The highest BCUT2D eigenvalue weighted by Crippen LogP contribution is 2.14. The molecule has 0 spiro atoms. The fourth-order valence-electron chi connectivity index (χ4n) is 2.97. The molecule has 0 aromatic carbocycles. The van der Waals surface area contributed by atoms with Crippen LogP contribution in [-0.4, -0.2) is 6.04 Å². The Labute approximate surface area is 135 Å². The van der Waals surface area contributed by atoms with Crippen molar-refractivity contribution in [1.82, 2.24) is 5.73 Å². The lowest BCUT2D eigenvalue weighted by atomic mass is 10.0. The molecule has 1 nitrogen and oxygen atoms in total. The number of hydrogen-bond donors (Lipinski definition) is 0. The maximum atomic E-state index is 7.69. The molecule has 0 saturated heterocycles. The lowest BCUT2D eigenvalue weighted by Gasteiger charge is -2.06. The van der Waals surface area contributed by atoms with Gasteiger partial charge in [0.1, 0.15) is 0 Å². The minimum atomic E-state index is 0.201. The van der Waals surface area contributed by atoms with Gasteiger partial charge in [0.05, 0.1) is 0 Å². The van der Waals surface area contributed by atoms with Crippen LogP contribution in [0.1, 0.15) is 123 Å². The summed E-state index contributed by atoms with van der Waals surface area (Å²) in [5, 5.41) is 0. The Balaban J connectivity index is 2.96. The molecule has 127 valence electrons. The Morgan fingerprint density at radius 1 is 0.524 bits per heavy atom. The van der Waals surface area contributed by atoms with Crippen molar-refractivity contribution < 1.29 is 0 Å². The van der Waals surface area contributed by atoms with Gasteiger partial charge < -0.3 is 0 Å². The molecule has 1 atom stereocenters. The van der Waals surface area contributed by atoms with Crippen LogP contribution in [0.25, 0.3) is 0 Å². The van der Waals surface area contributed by atoms with Crippen molar-refractivity contribution in [3.8, 4) is 0 Å². The third-order valence-electron chi connectivity index (χ3n) is 4.65. The van der Waals surface area contributed by atoms with Gasteiger partial charge in [0.25, 0.3) is 0 Å². The fourth-order valence-corrected chi connectivity index (χ4v) is 2.97. The van der Waals surface area contributed by atoms with Gasteiger partial charge >= 0.3 is 0 Å². The second-order valence-electron chi connectivity index (χ2n) is 6.84. The summed E-state index contributed by atoms with van der Waals surface area (Å²) >= 11 is 0. The number of unbranched alkanes of at least 4 members (excludes halogenated alkanes) is 14. The molecule has 0 fully saturated rings. The lowest BCUT2D eigenvalue weighted by Crippen LogP contribution is -2.05. The summed E-state index contributed by atoms with van der Waals surface area (Å²) in [5.41, 5.74) is 7.69. The van der Waals surface area contributed by atoms with E-state index in [1.807, 2.05) is 0 Å². The second kappa shape index (κ2) is 18.0. The Morgan fingerprint density at radius 2 is 0.857 bits per heavy atom. The van der Waals surface area contributed by atoms with Gasteiger partial charge in [0.2, 0.25) is 0 Å². The first kappa shape index (κ1) is 21.0. The summed E-state index contributed by atoms with van der Waals surface area (Å²) in [4.78, 5) is 0. The molecule has 0 bridgehead atoms. The molecule has 0 aliphatic carbocycles. The van der Waals surface area contributed by atoms with Crippen LogP contribution in [0.2, 0.25) is 0 Å². The quantitative estimate of drug-likeness (QED) is 0.251. The largest absolute Gasteiger partial charge is 0.255 e. The van der Waals surface area contributed by atoms with E-state index in [2.05, 4.69) is 13.8 Å². The van der Waals surface area contributed by atoms with Gasteiger partial charge in [0.15, 0.2) is 0 Å². The molecule has 1 radical (unpaired) electrons. The second-order valence-corrected chi connectivity index (χ2v) is 6.84. The molecule has 21 heavy (non-hydrogen) atoms. The first-order valence-corrected chi connectivity index (χ1v) is 10.0. The zero-order valence-electron chi connectivity index (χ0n) is 15.1. The topological polar surface area (TPSA) is 23.8 Å². The van der Waals surface area contributed by atoms with Crippen molar-refractivity contribution in [1.29, 1.82) is 0 Å². The predicted octanol–water partition coefficient (Wildman–Crippen LogP) is 7.31. The van der Waals surface area contributed by atoms with Gasteiger partial charge in [0, 0.05) is 6.04 Å². The van der Waals surface area contributed by atoms with E-state index in [1.54, 1.807) is 0 Å². The summed E-state index contributed by atoms with van der Waals surface area (Å²) in [5.74, 6) is 0. The summed E-state index contributed by atoms with van der Waals surface area (Å²) < 4.78 is 0. The number of nitrogens with one attached hydrogen (secondary N) is 1. The van der Waals surface area contributed by atoms with Gasteiger partial charge in [-0.05, 0) is 12.8 Å². The van der Waals surface area contributed by atoms with E-state index in [0.29, 0.717) is 0 Å². The maximum absolute atomic E-state index is 7.69. The van der Waals surface area contributed by atoms with Crippen LogP contribution >= 0.6 is 0 Å². The molecule has 0 aliphatic heterocycles. The van der Waals surface area contributed by atoms with E-state index < -0.39 is 0 Å². The molecule has 0 aliphatic rings. The summed E-state index contributed by atoms with van der Waals surface area (Å²) in [7, 11) is 0. The molecule has 0 heterocycles. The van der Waals surface area contributed by atoms with E-state index in [0.717, 1.165) is 12.8 Å². The van der Waals surface area contributed by atoms with E-state index in [4.69, 9.17) is 5.73 Å². The molecule has 0 rings (SSSR count). The Kier molecular flexibility index (Phi) is 18.0. The third kappa shape index (κ3) is 17.9. The molecule has 0 aromatic heterocycles. The minimum Gasteiger partial charge on any atom is -0.255 e. The van der Waals surface area contributed by atoms with Crippen LogP contribution in [0.15, 0.2) is 0 Å². The third-order valence-corrected chi connectivity index (χ3v) is 4.65. The predicted molar refractivity (Wildman–Crippen MR) is 96.7 cm³/mol. The van der Waals surface area contributed by atoms with Crippen molar-refractivity contribution in [2.24, 2.45) is 0 Å². The molecule has 1 N–H and O–H groups in total. The number of rotatable bonds is 17. The minimum absolute atomic E-state index is 0.201. The van der Waals surface area contributed by atoms with E-state index in [-0.39, 0.29) is 6.04 Å². The van der Waals surface area contributed by atoms with Crippen LogP contribution in [0.5, 0.6) is 0 Å². The monoisotopic (exact) mass is 296 g/mol. The molecule has 0 amide bonds. The summed E-state index contributed by atoms with van der Waals surface area (Å²) in [6.45, 7) is 4.42. The van der Waals surface area contributed by atoms with E-state index >= 15 is 0 Å². The molecular weight excluding hydrogens is 254 g/mol. The zero-order chi connectivity index (χ0) is 15.6. The van der Waals surface area contributed by atoms with Gasteiger partial charge in [-0.1, -0.05) is 110 Å². The van der Waals surface area contributed by atoms with E-state index in [1.165, 1.54) is 96.3 Å². The van der Waals surface area contributed by atoms with Crippen LogP contribution in [0, 0.1) is 0 Å². The van der Waals surface area contributed by atoms with Crippen molar-refractivity contribution in [3.05, 3.63) is 0 Å². The summed E-state index contributed by atoms with van der Waals surface area (Å²) in [6, 6.07) is 0.201. The van der Waals surface area contributed by atoms with Gasteiger partial charge in [-0.15, -0.1) is 0 Å². The average Bonchev–Trinajstić information content (AvgIpc) is 2.50. The fraction of sp³-hybridized carbons (Fsp3) is 1.00. The molecule has 0 saturated carbocycles. The van der Waals surface area contributed by atoms with Gasteiger partial charge in [-0.3, -0.25) is 5.73 Å². The molecule has 1 heteroatoms. The lowest BCUT2D eigenvalue weighted by molar-refractivity contribution is 0.505. The molecule has 1 unspecified atom stereocenters. The summed E-state index contributed by atoms with van der Waals surface area (Å²) in [6.07, 6.45) is 23.5. The Hall–Kier alpha value is -0.0400. The van der Waals surface area contributed by atoms with Crippen LogP contribution in [-0.2, 0) is 0 Å². The Morgan fingerprint density at radius 3 is 1.19 bits per heavy atom. The van der Waals surface area contributed by atoms with Crippen molar-refractivity contribution in [2.75, 3.05) is 0 Å². The Bertz CT molecular complexity index is 179. The molecule has 0 aromatic rings. The standard InChI is InChI=1S/C20H42N/c1-3-5-6-7-8-9-10-11-12-13-14-15-16-17-18-19-20(21)4-2/h20-21H,3-19H2,1-2H3. The first-order chi connectivity index (χ1) is 10.3. The van der Waals surface area contributed by atoms with Crippen molar-refractivity contribution >= 4 is 0 Å². The van der Waals surface area contributed by atoms with Crippen molar-refractivity contribution in [3.63, 3.8) is 0 Å².